The maximum atomic E-state index is 11.4. The van der Waals surface area contributed by atoms with Crippen LogP contribution >= 0.6 is 0 Å². The molecule has 7 nitrogen and oxygen atoms in total. The summed E-state index contributed by atoms with van der Waals surface area (Å²) in [6.07, 6.45) is 0. The number of carbonyl (C=O) groups excluding carboxylic acids is 1. The van der Waals surface area contributed by atoms with Crippen molar-refractivity contribution < 1.29 is 22.9 Å². The summed E-state index contributed by atoms with van der Waals surface area (Å²) < 4.78 is 26.9. The molecule has 0 saturated heterocycles. The third kappa shape index (κ3) is 2.16. The minimum atomic E-state index is -4.22. The Hall–Kier alpha value is -1.96. The van der Waals surface area contributed by atoms with Gasteiger partial charge in [-0.25, -0.2) is 13.2 Å². The number of methoxy groups -OCH3 is 1. The first-order valence-electron chi connectivity index (χ1n) is 3.97. The topological polar surface area (TPSA) is 104 Å². The standard InChI is InChI=1S/C8H7NO6S/c1-15-8(10)16(13,14)7-4-2-6(3-5-7)9(11)12/h2-5H,1H3. The van der Waals surface area contributed by atoms with Gasteiger partial charge in [0.1, 0.15) is 0 Å². The maximum Gasteiger partial charge on any atom is 0.429 e. The van der Waals surface area contributed by atoms with E-state index in [1.165, 1.54) is 0 Å². The van der Waals surface area contributed by atoms with Crippen LogP contribution in [0.2, 0.25) is 0 Å². The second-order valence-corrected chi connectivity index (χ2v) is 4.52. The molecule has 0 aromatic heterocycles. The van der Waals surface area contributed by atoms with Crippen molar-refractivity contribution in [1.29, 1.82) is 0 Å². The second-order valence-electron chi connectivity index (χ2n) is 2.71. The van der Waals surface area contributed by atoms with Crippen LogP contribution in [0.4, 0.5) is 10.5 Å². The van der Waals surface area contributed by atoms with E-state index in [2.05, 4.69) is 4.74 Å². The quantitative estimate of drug-likeness (QED) is 0.439. The molecule has 0 fully saturated rings. The fraction of sp³-hybridized carbons (Fsp3) is 0.125. The summed E-state index contributed by atoms with van der Waals surface area (Å²) in [4.78, 5) is 20.2. The molecule has 1 rings (SSSR count). The SMILES string of the molecule is COC(=O)S(=O)(=O)c1ccc([N+](=O)[O-])cc1. The molecular formula is C8H7NO6S. The Morgan fingerprint density at radius 1 is 1.31 bits per heavy atom. The number of ether oxygens (including phenoxy) is 1. The summed E-state index contributed by atoms with van der Waals surface area (Å²) in [5.41, 5.74) is -0.260. The molecule has 16 heavy (non-hydrogen) atoms. The second kappa shape index (κ2) is 4.27. The van der Waals surface area contributed by atoms with Gasteiger partial charge in [-0.2, -0.15) is 0 Å². The van der Waals surface area contributed by atoms with E-state index in [4.69, 9.17) is 0 Å². The number of benzene rings is 1. The fourth-order valence-electron chi connectivity index (χ4n) is 0.953. The van der Waals surface area contributed by atoms with Crippen molar-refractivity contribution in [2.75, 3.05) is 7.11 Å². The molecule has 0 unspecified atom stereocenters. The van der Waals surface area contributed by atoms with Gasteiger partial charge in [0.05, 0.1) is 16.9 Å². The Morgan fingerprint density at radius 2 is 1.81 bits per heavy atom. The molecule has 0 aliphatic heterocycles. The van der Waals surface area contributed by atoms with E-state index in [9.17, 15) is 23.3 Å². The van der Waals surface area contributed by atoms with Gasteiger partial charge in [-0.05, 0) is 12.1 Å². The average molecular weight is 245 g/mol. The lowest BCUT2D eigenvalue weighted by Gasteiger charge is -2.00. The zero-order valence-corrected chi connectivity index (χ0v) is 8.93. The lowest BCUT2D eigenvalue weighted by atomic mass is 10.3. The minimum absolute atomic E-state index is 0.260. The van der Waals surface area contributed by atoms with Crippen molar-refractivity contribution in [3.8, 4) is 0 Å². The molecular weight excluding hydrogens is 238 g/mol. The van der Waals surface area contributed by atoms with Crippen molar-refractivity contribution in [2.45, 2.75) is 4.90 Å². The molecule has 0 aliphatic carbocycles. The van der Waals surface area contributed by atoms with Crippen LogP contribution in [-0.4, -0.2) is 25.8 Å². The third-order valence-electron chi connectivity index (χ3n) is 1.74. The molecule has 1 aromatic carbocycles. The zero-order chi connectivity index (χ0) is 12.3. The third-order valence-corrected chi connectivity index (χ3v) is 3.24. The van der Waals surface area contributed by atoms with Crippen LogP contribution in [0.15, 0.2) is 29.2 Å². The van der Waals surface area contributed by atoms with Crippen molar-refractivity contribution in [2.24, 2.45) is 0 Å². The molecule has 0 heterocycles. The molecule has 1 aromatic rings. The highest BCUT2D eigenvalue weighted by Gasteiger charge is 2.26. The first-order valence-corrected chi connectivity index (χ1v) is 5.45. The van der Waals surface area contributed by atoms with Gasteiger partial charge in [0.2, 0.25) is 0 Å². The molecule has 0 atom stereocenters. The van der Waals surface area contributed by atoms with Crippen LogP contribution < -0.4 is 0 Å². The molecule has 0 spiro atoms. The molecule has 0 bridgehead atoms. The first-order chi connectivity index (χ1) is 7.39. The number of nitro benzene ring substituents is 1. The van der Waals surface area contributed by atoms with E-state index in [0.29, 0.717) is 0 Å². The number of hydrogen-bond acceptors (Lipinski definition) is 6. The summed E-state index contributed by atoms with van der Waals surface area (Å²) in [5, 5.41) is 8.91. The van der Waals surface area contributed by atoms with Crippen molar-refractivity contribution in [1.82, 2.24) is 0 Å². The average Bonchev–Trinajstić information content (AvgIpc) is 2.28. The van der Waals surface area contributed by atoms with E-state index in [0.717, 1.165) is 31.4 Å². The smallest absolute Gasteiger partial charge is 0.429 e. The van der Waals surface area contributed by atoms with Crippen molar-refractivity contribution >= 4 is 20.8 Å². The van der Waals surface area contributed by atoms with Crippen LogP contribution in [0.25, 0.3) is 0 Å². The molecule has 86 valence electrons. The molecule has 0 aliphatic rings. The van der Waals surface area contributed by atoms with Crippen molar-refractivity contribution in [3.05, 3.63) is 34.4 Å². The molecule has 0 N–H and O–H groups in total. The summed E-state index contributed by atoms with van der Waals surface area (Å²) in [5.74, 6) is 0. The van der Waals surface area contributed by atoms with Crippen LogP contribution in [0.3, 0.4) is 0 Å². The number of hydrogen-bond donors (Lipinski definition) is 0. The van der Waals surface area contributed by atoms with Crippen LogP contribution in [-0.2, 0) is 14.6 Å². The predicted octanol–water partition coefficient (Wildman–Crippen LogP) is 1.13. The summed E-state index contributed by atoms with van der Waals surface area (Å²) in [6.45, 7) is 0. The van der Waals surface area contributed by atoms with Gasteiger partial charge in [-0.1, -0.05) is 0 Å². The number of rotatable bonds is 2. The van der Waals surface area contributed by atoms with Crippen molar-refractivity contribution in [3.63, 3.8) is 0 Å². The monoisotopic (exact) mass is 245 g/mol. The minimum Gasteiger partial charge on any atom is -0.457 e. The molecule has 8 heteroatoms. The lowest BCUT2D eigenvalue weighted by molar-refractivity contribution is -0.384. The Kier molecular flexibility index (Phi) is 3.23. The fourth-order valence-corrected chi connectivity index (χ4v) is 1.86. The van der Waals surface area contributed by atoms with Gasteiger partial charge < -0.3 is 4.74 Å². The summed E-state index contributed by atoms with van der Waals surface area (Å²) in [7, 11) is -3.28. The van der Waals surface area contributed by atoms with Crippen LogP contribution in [0.5, 0.6) is 0 Å². The molecule has 0 amide bonds. The number of carbonyl (C=O) groups is 1. The first kappa shape index (κ1) is 12.1. The number of sulfone groups is 1. The normalized spacial score (nSPS) is 10.8. The van der Waals surface area contributed by atoms with Gasteiger partial charge >= 0.3 is 5.30 Å². The molecule has 0 radical (unpaired) electrons. The van der Waals surface area contributed by atoms with E-state index in [-0.39, 0.29) is 10.6 Å². The van der Waals surface area contributed by atoms with Gasteiger partial charge in [-0.15, -0.1) is 0 Å². The predicted molar refractivity (Wildman–Crippen MR) is 52.7 cm³/mol. The zero-order valence-electron chi connectivity index (χ0n) is 8.11. The maximum absolute atomic E-state index is 11.4. The van der Waals surface area contributed by atoms with Gasteiger partial charge in [0.25, 0.3) is 15.5 Å². The van der Waals surface area contributed by atoms with E-state index < -0.39 is 20.1 Å². The summed E-state index contributed by atoms with van der Waals surface area (Å²) in [6, 6.07) is 3.94. The lowest BCUT2D eigenvalue weighted by Crippen LogP contribution is -2.14. The largest absolute Gasteiger partial charge is 0.457 e. The Morgan fingerprint density at radius 3 is 2.19 bits per heavy atom. The summed E-state index contributed by atoms with van der Waals surface area (Å²) >= 11 is 0. The number of non-ortho nitro benzene ring substituents is 1. The number of nitrogens with zero attached hydrogens (tertiary/aromatic N) is 1. The van der Waals surface area contributed by atoms with Gasteiger partial charge in [-0.3, -0.25) is 10.1 Å². The Labute approximate surface area is 90.7 Å². The highest BCUT2D eigenvalue weighted by Crippen LogP contribution is 2.17. The van der Waals surface area contributed by atoms with E-state index in [1.54, 1.807) is 0 Å². The Balaban J connectivity index is 3.17. The molecule has 0 saturated carbocycles. The van der Waals surface area contributed by atoms with Crippen LogP contribution in [0.1, 0.15) is 0 Å². The highest BCUT2D eigenvalue weighted by molar-refractivity contribution is 8.05. The van der Waals surface area contributed by atoms with E-state index >= 15 is 0 Å². The van der Waals surface area contributed by atoms with Crippen LogP contribution in [0, 0.1) is 10.1 Å². The number of nitro groups is 1. The van der Waals surface area contributed by atoms with E-state index in [1.807, 2.05) is 0 Å². The highest BCUT2D eigenvalue weighted by atomic mass is 32.2. The Bertz CT molecular complexity index is 518. The van der Waals surface area contributed by atoms with Gasteiger partial charge in [0, 0.05) is 12.1 Å². The van der Waals surface area contributed by atoms with Gasteiger partial charge in [0.15, 0.2) is 0 Å².